The summed E-state index contributed by atoms with van der Waals surface area (Å²) in [4.78, 5) is 4.96. The maximum absolute atomic E-state index is 6.04. The first-order valence-corrected chi connectivity index (χ1v) is 7.18. The molecule has 1 aromatic carbocycles. The molecule has 1 aromatic rings. The minimum atomic E-state index is 0.878. The Hall–Kier alpha value is -1.26. The monoisotopic (exact) mass is 261 g/mol. The smallest absolute Gasteiger partial charge is 0.0594 e. The fourth-order valence-electron chi connectivity index (χ4n) is 2.96. The summed E-state index contributed by atoms with van der Waals surface area (Å²) in [6, 6.07) is 4.40. The van der Waals surface area contributed by atoms with E-state index in [1.54, 1.807) is 0 Å². The second kappa shape index (κ2) is 5.39. The van der Waals surface area contributed by atoms with Gasteiger partial charge in [0.05, 0.1) is 13.2 Å². The lowest BCUT2D eigenvalue weighted by atomic mass is 10.1. The number of morpholine rings is 1. The topological polar surface area (TPSA) is 41.7 Å². The Bertz CT molecular complexity index is 455. The molecule has 2 aliphatic rings. The molecule has 19 heavy (non-hydrogen) atoms. The van der Waals surface area contributed by atoms with E-state index in [1.165, 1.54) is 16.8 Å². The molecule has 0 aromatic heterocycles. The van der Waals surface area contributed by atoms with Gasteiger partial charge in [-0.25, -0.2) is 0 Å². The van der Waals surface area contributed by atoms with Gasteiger partial charge in [0.2, 0.25) is 0 Å². The van der Waals surface area contributed by atoms with Crippen LogP contribution in [-0.2, 0) is 11.2 Å². The molecule has 2 heterocycles. The quantitative estimate of drug-likeness (QED) is 0.832. The lowest BCUT2D eigenvalue weighted by Crippen LogP contribution is -2.41. The van der Waals surface area contributed by atoms with Crippen molar-refractivity contribution in [2.45, 2.75) is 13.3 Å². The highest BCUT2D eigenvalue weighted by Gasteiger charge is 2.21. The van der Waals surface area contributed by atoms with Crippen LogP contribution in [-0.4, -0.2) is 50.8 Å². The number of nitrogen functional groups attached to an aromatic ring is 1. The highest BCUT2D eigenvalue weighted by molar-refractivity contribution is 5.67. The summed E-state index contributed by atoms with van der Waals surface area (Å²) in [5.74, 6) is 0. The van der Waals surface area contributed by atoms with E-state index in [9.17, 15) is 0 Å². The molecule has 0 unspecified atom stereocenters. The largest absolute Gasteiger partial charge is 0.398 e. The zero-order valence-corrected chi connectivity index (χ0v) is 11.7. The van der Waals surface area contributed by atoms with E-state index < -0.39 is 0 Å². The molecule has 2 aliphatic heterocycles. The maximum Gasteiger partial charge on any atom is 0.0594 e. The predicted octanol–water partition coefficient (Wildman–Crippen LogP) is 1.27. The van der Waals surface area contributed by atoms with Crippen LogP contribution in [0.15, 0.2) is 12.1 Å². The van der Waals surface area contributed by atoms with E-state index in [4.69, 9.17) is 10.5 Å². The van der Waals surface area contributed by atoms with Gasteiger partial charge in [0.25, 0.3) is 0 Å². The first-order chi connectivity index (χ1) is 9.24. The van der Waals surface area contributed by atoms with Crippen LogP contribution in [0.3, 0.4) is 0 Å². The SMILES string of the molecule is Cc1cc2c(cc1N)N(CCN1CCOCC1)CC2. The Morgan fingerprint density at radius 1 is 1.16 bits per heavy atom. The molecule has 0 aliphatic carbocycles. The van der Waals surface area contributed by atoms with Crippen molar-refractivity contribution in [3.05, 3.63) is 23.3 Å². The van der Waals surface area contributed by atoms with E-state index in [1.807, 2.05) is 0 Å². The molecule has 0 atom stereocenters. The Morgan fingerprint density at radius 3 is 2.74 bits per heavy atom. The normalized spacial score (nSPS) is 19.7. The van der Waals surface area contributed by atoms with Crippen LogP contribution in [0.5, 0.6) is 0 Å². The summed E-state index contributed by atoms with van der Waals surface area (Å²) < 4.78 is 5.38. The molecule has 0 amide bonds. The van der Waals surface area contributed by atoms with Gasteiger partial charge in [0, 0.05) is 44.1 Å². The first-order valence-electron chi connectivity index (χ1n) is 7.18. The highest BCUT2D eigenvalue weighted by Crippen LogP contribution is 2.31. The summed E-state index contributed by atoms with van der Waals surface area (Å²) in [6.45, 7) is 9.32. The Morgan fingerprint density at radius 2 is 1.95 bits per heavy atom. The molecular weight excluding hydrogens is 238 g/mol. The third-order valence-corrected chi connectivity index (χ3v) is 4.25. The van der Waals surface area contributed by atoms with Gasteiger partial charge in [-0.2, -0.15) is 0 Å². The van der Waals surface area contributed by atoms with Gasteiger partial charge in [-0.05, 0) is 30.5 Å². The maximum atomic E-state index is 6.04. The standard InChI is InChI=1S/C15H23N3O/c1-12-10-13-2-3-18(15(13)11-14(12)16)5-4-17-6-8-19-9-7-17/h10-11H,2-9,16H2,1H3. The summed E-state index contributed by atoms with van der Waals surface area (Å²) in [6.07, 6.45) is 1.15. The third kappa shape index (κ3) is 2.69. The number of rotatable bonds is 3. The van der Waals surface area contributed by atoms with Gasteiger partial charge in [-0.15, -0.1) is 0 Å². The average molecular weight is 261 g/mol. The number of nitrogens with zero attached hydrogens (tertiary/aromatic N) is 2. The van der Waals surface area contributed by atoms with Crippen molar-refractivity contribution >= 4 is 11.4 Å². The number of hydrogen-bond acceptors (Lipinski definition) is 4. The second-order valence-corrected chi connectivity index (χ2v) is 5.53. The number of aryl methyl sites for hydroxylation is 1. The molecule has 0 saturated carbocycles. The zero-order valence-electron chi connectivity index (χ0n) is 11.7. The fourth-order valence-corrected chi connectivity index (χ4v) is 2.96. The molecule has 3 rings (SSSR count). The second-order valence-electron chi connectivity index (χ2n) is 5.53. The zero-order chi connectivity index (χ0) is 13.2. The van der Waals surface area contributed by atoms with Crippen molar-refractivity contribution in [2.24, 2.45) is 0 Å². The van der Waals surface area contributed by atoms with E-state index >= 15 is 0 Å². The molecule has 104 valence electrons. The molecule has 0 radical (unpaired) electrons. The molecule has 0 bridgehead atoms. The number of fused-ring (bicyclic) bond motifs is 1. The van der Waals surface area contributed by atoms with E-state index in [0.717, 1.165) is 58.0 Å². The molecule has 1 saturated heterocycles. The molecule has 4 nitrogen and oxygen atoms in total. The van der Waals surface area contributed by atoms with Crippen molar-refractivity contribution in [1.29, 1.82) is 0 Å². The van der Waals surface area contributed by atoms with Gasteiger partial charge in [0.15, 0.2) is 0 Å². The van der Waals surface area contributed by atoms with Gasteiger partial charge in [0.1, 0.15) is 0 Å². The molecule has 4 heteroatoms. The summed E-state index contributed by atoms with van der Waals surface area (Å²) in [5.41, 5.74) is 11.0. The van der Waals surface area contributed by atoms with Crippen LogP contribution in [0, 0.1) is 6.92 Å². The van der Waals surface area contributed by atoms with Crippen molar-refractivity contribution in [3.8, 4) is 0 Å². The third-order valence-electron chi connectivity index (χ3n) is 4.25. The molecule has 0 spiro atoms. The lowest BCUT2D eigenvalue weighted by molar-refractivity contribution is 0.0392. The van der Waals surface area contributed by atoms with Crippen LogP contribution in [0.4, 0.5) is 11.4 Å². The molecular formula is C15H23N3O. The number of benzene rings is 1. The number of nitrogens with two attached hydrogens (primary N) is 1. The summed E-state index contributed by atoms with van der Waals surface area (Å²) >= 11 is 0. The lowest BCUT2D eigenvalue weighted by Gasteiger charge is -2.29. The minimum Gasteiger partial charge on any atom is -0.398 e. The van der Waals surface area contributed by atoms with Crippen molar-refractivity contribution in [2.75, 3.05) is 56.6 Å². The van der Waals surface area contributed by atoms with Gasteiger partial charge >= 0.3 is 0 Å². The average Bonchev–Trinajstić information content (AvgIpc) is 2.80. The number of ether oxygens (including phenoxy) is 1. The van der Waals surface area contributed by atoms with Crippen molar-refractivity contribution < 1.29 is 4.74 Å². The van der Waals surface area contributed by atoms with Gasteiger partial charge in [-0.1, -0.05) is 6.07 Å². The van der Waals surface area contributed by atoms with Crippen molar-refractivity contribution in [1.82, 2.24) is 4.90 Å². The van der Waals surface area contributed by atoms with E-state index in [0.29, 0.717) is 0 Å². The van der Waals surface area contributed by atoms with Crippen LogP contribution < -0.4 is 10.6 Å². The molecule has 2 N–H and O–H groups in total. The Balaban J connectivity index is 1.63. The van der Waals surface area contributed by atoms with Gasteiger partial charge in [-0.3, -0.25) is 4.90 Å². The van der Waals surface area contributed by atoms with Crippen molar-refractivity contribution in [3.63, 3.8) is 0 Å². The Kier molecular flexibility index (Phi) is 3.62. The highest BCUT2D eigenvalue weighted by atomic mass is 16.5. The van der Waals surface area contributed by atoms with Crippen LogP contribution >= 0.6 is 0 Å². The Labute approximate surface area is 115 Å². The predicted molar refractivity (Wildman–Crippen MR) is 78.8 cm³/mol. The summed E-state index contributed by atoms with van der Waals surface area (Å²) in [5, 5.41) is 0. The van der Waals surface area contributed by atoms with E-state index in [-0.39, 0.29) is 0 Å². The van der Waals surface area contributed by atoms with Crippen LogP contribution in [0.2, 0.25) is 0 Å². The number of hydrogen-bond donors (Lipinski definition) is 1. The van der Waals surface area contributed by atoms with Gasteiger partial charge < -0.3 is 15.4 Å². The minimum absolute atomic E-state index is 0.878. The molecule has 1 fully saturated rings. The van der Waals surface area contributed by atoms with Crippen LogP contribution in [0.25, 0.3) is 0 Å². The van der Waals surface area contributed by atoms with Crippen LogP contribution in [0.1, 0.15) is 11.1 Å². The first kappa shape index (κ1) is 12.8. The number of anilines is 2. The summed E-state index contributed by atoms with van der Waals surface area (Å²) in [7, 11) is 0. The van der Waals surface area contributed by atoms with E-state index in [2.05, 4.69) is 28.9 Å². The fraction of sp³-hybridized carbons (Fsp3) is 0.600.